The molecule has 0 spiro atoms. The minimum Gasteiger partial charge on any atom is -0.472 e. The summed E-state index contributed by atoms with van der Waals surface area (Å²) in [4.78, 5) is 16.6. The van der Waals surface area contributed by atoms with E-state index in [9.17, 15) is 4.79 Å². The molecule has 1 aromatic rings. The number of hydrogen-bond acceptors (Lipinski definition) is 5. The third kappa shape index (κ3) is 3.84. The number of rotatable bonds is 3. The van der Waals surface area contributed by atoms with Crippen LogP contribution in [0.2, 0.25) is 0 Å². The molecule has 2 fully saturated rings. The lowest BCUT2D eigenvalue weighted by Crippen LogP contribution is -2.42. The quantitative estimate of drug-likeness (QED) is 0.827. The molecule has 0 bridgehead atoms. The molecule has 6 heteroatoms. The Bertz CT molecular complexity index is 443. The topological polar surface area (TPSA) is 55.2 Å². The average Bonchev–Trinajstić information content (AvgIpc) is 2.95. The second kappa shape index (κ2) is 7.06. The SMILES string of the molecule is O=C(c1ccoc1)N1CCCN(C[C@@H]2COCCO2)CC1. The molecule has 0 saturated carbocycles. The van der Waals surface area contributed by atoms with E-state index in [1.54, 1.807) is 6.07 Å². The zero-order valence-corrected chi connectivity index (χ0v) is 12.2. The number of ether oxygens (including phenoxy) is 2. The molecule has 1 atom stereocenters. The van der Waals surface area contributed by atoms with Crippen LogP contribution in [0.1, 0.15) is 16.8 Å². The summed E-state index contributed by atoms with van der Waals surface area (Å²) < 4.78 is 16.1. The lowest BCUT2D eigenvalue weighted by atomic mass is 10.3. The van der Waals surface area contributed by atoms with Crippen LogP contribution in [0.5, 0.6) is 0 Å². The summed E-state index contributed by atoms with van der Waals surface area (Å²) in [5, 5.41) is 0. The van der Waals surface area contributed by atoms with Gasteiger partial charge < -0.3 is 18.8 Å². The van der Waals surface area contributed by atoms with E-state index in [1.807, 2.05) is 4.90 Å². The van der Waals surface area contributed by atoms with Crippen molar-refractivity contribution in [3.63, 3.8) is 0 Å². The Morgan fingerprint density at radius 1 is 1.24 bits per heavy atom. The van der Waals surface area contributed by atoms with Crippen LogP contribution in [0.25, 0.3) is 0 Å². The van der Waals surface area contributed by atoms with Crippen molar-refractivity contribution < 1.29 is 18.7 Å². The molecule has 116 valence electrons. The number of amides is 1. The first-order valence-corrected chi connectivity index (χ1v) is 7.56. The molecule has 6 nitrogen and oxygen atoms in total. The van der Waals surface area contributed by atoms with Gasteiger partial charge in [-0.2, -0.15) is 0 Å². The summed E-state index contributed by atoms with van der Waals surface area (Å²) >= 11 is 0. The van der Waals surface area contributed by atoms with Gasteiger partial charge in [-0.25, -0.2) is 0 Å². The van der Waals surface area contributed by atoms with E-state index in [2.05, 4.69) is 4.90 Å². The number of carbonyl (C=O) groups is 1. The maximum atomic E-state index is 12.3. The Labute approximate surface area is 124 Å². The Morgan fingerprint density at radius 3 is 2.95 bits per heavy atom. The lowest BCUT2D eigenvalue weighted by Gasteiger charge is -2.29. The molecule has 21 heavy (non-hydrogen) atoms. The summed E-state index contributed by atoms with van der Waals surface area (Å²) in [6.07, 6.45) is 4.20. The molecule has 2 aliphatic heterocycles. The second-order valence-corrected chi connectivity index (χ2v) is 5.53. The molecule has 0 aliphatic carbocycles. The van der Waals surface area contributed by atoms with Gasteiger partial charge in [-0.05, 0) is 19.0 Å². The molecule has 3 rings (SSSR count). The molecule has 2 saturated heterocycles. The Kier molecular flexibility index (Phi) is 4.90. The summed E-state index contributed by atoms with van der Waals surface area (Å²) in [5.41, 5.74) is 0.632. The fraction of sp³-hybridized carbons (Fsp3) is 0.667. The Balaban J connectivity index is 1.50. The van der Waals surface area contributed by atoms with Gasteiger partial charge in [0.1, 0.15) is 6.26 Å². The predicted octanol–water partition coefficient (Wildman–Crippen LogP) is 0.843. The van der Waals surface area contributed by atoms with Crippen LogP contribution in [-0.2, 0) is 9.47 Å². The van der Waals surface area contributed by atoms with Gasteiger partial charge in [0.15, 0.2) is 0 Å². The van der Waals surface area contributed by atoms with Crippen LogP contribution < -0.4 is 0 Å². The van der Waals surface area contributed by atoms with E-state index in [1.165, 1.54) is 12.5 Å². The van der Waals surface area contributed by atoms with Gasteiger partial charge in [0.2, 0.25) is 0 Å². The summed E-state index contributed by atoms with van der Waals surface area (Å²) in [7, 11) is 0. The minimum atomic E-state index is 0.0582. The van der Waals surface area contributed by atoms with Gasteiger partial charge in [-0.15, -0.1) is 0 Å². The molecule has 1 amide bonds. The van der Waals surface area contributed by atoms with E-state index >= 15 is 0 Å². The van der Waals surface area contributed by atoms with Gasteiger partial charge in [0.25, 0.3) is 5.91 Å². The van der Waals surface area contributed by atoms with E-state index in [-0.39, 0.29) is 12.0 Å². The lowest BCUT2D eigenvalue weighted by molar-refractivity contribution is -0.0971. The van der Waals surface area contributed by atoms with Gasteiger partial charge in [-0.1, -0.05) is 0 Å². The van der Waals surface area contributed by atoms with Crippen molar-refractivity contribution in [3.8, 4) is 0 Å². The van der Waals surface area contributed by atoms with Gasteiger partial charge in [0.05, 0.1) is 37.8 Å². The highest BCUT2D eigenvalue weighted by molar-refractivity contribution is 5.93. The smallest absolute Gasteiger partial charge is 0.257 e. The van der Waals surface area contributed by atoms with Crippen molar-refractivity contribution in [2.45, 2.75) is 12.5 Å². The van der Waals surface area contributed by atoms with Crippen LogP contribution >= 0.6 is 0 Å². The molecule has 0 aromatic carbocycles. The molecule has 0 N–H and O–H groups in total. The maximum absolute atomic E-state index is 12.3. The predicted molar refractivity (Wildman–Crippen MR) is 76.2 cm³/mol. The van der Waals surface area contributed by atoms with Crippen molar-refractivity contribution in [1.29, 1.82) is 0 Å². The van der Waals surface area contributed by atoms with E-state index < -0.39 is 0 Å². The van der Waals surface area contributed by atoms with Crippen LogP contribution in [-0.4, -0.2) is 74.4 Å². The second-order valence-electron chi connectivity index (χ2n) is 5.53. The Hall–Kier alpha value is -1.37. The largest absolute Gasteiger partial charge is 0.472 e. The van der Waals surface area contributed by atoms with Crippen LogP contribution in [0, 0.1) is 0 Å². The van der Waals surface area contributed by atoms with Gasteiger partial charge in [-0.3, -0.25) is 9.69 Å². The number of hydrogen-bond donors (Lipinski definition) is 0. The molecule has 2 aliphatic rings. The van der Waals surface area contributed by atoms with Crippen LogP contribution in [0.3, 0.4) is 0 Å². The molecule has 0 radical (unpaired) electrons. The zero-order chi connectivity index (χ0) is 14.5. The average molecular weight is 294 g/mol. The fourth-order valence-corrected chi connectivity index (χ4v) is 2.86. The van der Waals surface area contributed by atoms with Crippen molar-refractivity contribution in [3.05, 3.63) is 24.2 Å². The van der Waals surface area contributed by atoms with Gasteiger partial charge >= 0.3 is 0 Å². The summed E-state index contributed by atoms with van der Waals surface area (Å²) in [5.74, 6) is 0.0582. The van der Waals surface area contributed by atoms with Gasteiger partial charge in [0, 0.05) is 26.2 Å². The highest BCUT2D eigenvalue weighted by atomic mass is 16.6. The van der Waals surface area contributed by atoms with Crippen molar-refractivity contribution in [1.82, 2.24) is 9.80 Å². The fourth-order valence-electron chi connectivity index (χ4n) is 2.86. The Morgan fingerprint density at radius 2 is 2.19 bits per heavy atom. The van der Waals surface area contributed by atoms with Crippen LogP contribution in [0.4, 0.5) is 0 Å². The van der Waals surface area contributed by atoms with E-state index in [0.29, 0.717) is 25.4 Å². The number of furan rings is 1. The standard InChI is InChI=1S/C15H22N2O4/c18-15(13-2-7-19-11-13)17-4-1-3-16(5-6-17)10-14-12-20-8-9-21-14/h2,7,11,14H,1,3-6,8-10,12H2/t14-/m1/s1. The first-order chi connectivity index (χ1) is 10.3. The highest BCUT2D eigenvalue weighted by Gasteiger charge is 2.23. The van der Waals surface area contributed by atoms with Crippen LogP contribution in [0.15, 0.2) is 23.0 Å². The first-order valence-electron chi connectivity index (χ1n) is 7.56. The third-order valence-electron chi connectivity index (χ3n) is 3.99. The summed E-state index contributed by atoms with van der Waals surface area (Å²) in [6.45, 7) is 6.35. The molecular formula is C15H22N2O4. The van der Waals surface area contributed by atoms with Crippen molar-refractivity contribution >= 4 is 5.91 Å². The monoisotopic (exact) mass is 294 g/mol. The minimum absolute atomic E-state index is 0.0582. The third-order valence-corrected chi connectivity index (χ3v) is 3.99. The van der Waals surface area contributed by atoms with Crippen molar-refractivity contribution in [2.24, 2.45) is 0 Å². The molecular weight excluding hydrogens is 272 g/mol. The van der Waals surface area contributed by atoms with E-state index in [0.717, 1.165) is 39.1 Å². The summed E-state index contributed by atoms with van der Waals surface area (Å²) in [6, 6.07) is 1.72. The first kappa shape index (κ1) is 14.6. The molecule has 1 aromatic heterocycles. The number of carbonyl (C=O) groups excluding carboxylic acids is 1. The maximum Gasteiger partial charge on any atom is 0.257 e. The van der Waals surface area contributed by atoms with Crippen molar-refractivity contribution in [2.75, 3.05) is 52.5 Å². The van der Waals surface area contributed by atoms with E-state index in [4.69, 9.17) is 13.9 Å². The molecule has 0 unspecified atom stereocenters. The zero-order valence-electron chi connectivity index (χ0n) is 12.2. The highest BCUT2D eigenvalue weighted by Crippen LogP contribution is 2.11. The molecule has 3 heterocycles. The number of nitrogens with zero attached hydrogens (tertiary/aromatic N) is 2. The normalized spacial score (nSPS) is 24.8.